The van der Waals surface area contributed by atoms with Gasteiger partial charge >= 0.3 is 0 Å². The number of ether oxygens (including phenoxy) is 1. The van der Waals surface area contributed by atoms with Gasteiger partial charge in [-0.1, -0.05) is 30.3 Å². The second-order valence-electron chi connectivity index (χ2n) is 3.90. The summed E-state index contributed by atoms with van der Waals surface area (Å²) in [5.74, 6) is 0.245. The zero-order valence-electron chi connectivity index (χ0n) is 10.3. The standard InChI is InChI=1S/C12H18ClNO3S/c1-17-8-5-9-18(15,16)14-12(10-13)11-6-3-2-4-7-11/h2-4,6-7,12,14H,5,8-10H2,1H3. The third kappa shape index (κ3) is 5.35. The maximum atomic E-state index is 11.8. The molecule has 1 aromatic carbocycles. The summed E-state index contributed by atoms with van der Waals surface area (Å²) >= 11 is 5.82. The van der Waals surface area contributed by atoms with Gasteiger partial charge in [-0.05, 0) is 12.0 Å². The van der Waals surface area contributed by atoms with Crippen molar-refractivity contribution >= 4 is 21.6 Å². The van der Waals surface area contributed by atoms with Crippen molar-refractivity contribution in [3.63, 3.8) is 0 Å². The Labute approximate surface area is 113 Å². The van der Waals surface area contributed by atoms with E-state index in [0.717, 1.165) is 5.56 Å². The lowest BCUT2D eigenvalue weighted by Crippen LogP contribution is -2.32. The van der Waals surface area contributed by atoms with E-state index in [1.165, 1.54) is 0 Å². The molecule has 0 aliphatic heterocycles. The Balaban J connectivity index is 2.63. The first-order valence-electron chi connectivity index (χ1n) is 5.69. The summed E-state index contributed by atoms with van der Waals surface area (Å²) in [5.41, 5.74) is 0.864. The Morgan fingerprint density at radius 3 is 2.56 bits per heavy atom. The van der Waals surface area contributed by atoms with Crippen molar-refractivity contribution in [1.82, 2.24) is 4.72 Å². The average Bonchev–Trinajstić information content (AvgIpc) is 2.37. The minimum absolute atomic E-state index is 0.0427. The molecule has 4 nitrogen and oxygen atoms in total. The van der Waals surface area contributed by atoms with E-state index >= 15 is 0 Å². The first-order valence-corrected chi connectivity index (χ1v) is 7.87. The van der Waals surface area contributed by atoms with E-state index in [0.29, 0.717) is 13.0 Å². The van der Waals surface area contributed by atoms with Gasteiger partial charge in [0.25, 0.3) is 0 Å². The van der Waals surface area contributed by atoms with Gasteiger partial charge in [-0.25, -0.2) is 13.1 Å². The highest BCUT2D eigenvalue weighted by Gasteiger charge is 2.18. The first kappa shape index (κ1) is 15.4. The Hall–Kier alpha value is -0.620. The lowest BCUT2D eigenvalue weighted by atomic mass is 10.1. The van der Waals surface area contributed by atoms with Crippen LogP contribution in [0.1, 0.15) is 18.0 Å². The highest BCUT2D eigenvalue weighted by Crippen LogP contribution is 2.15. The lowest BCUT2D eigenvalue weighted by Gasteiger charge is -2.16. The van der Waals surface area contributed by atoms with E-state index in [1.807, 2.05) is 30.3 Å². The molecule has 0 fully saturated rings. The molecule has 0 aliphatic rings. The van der Waals surface area contributed by atoms with Crippen LogP contribution >= 0.6 is 11.6 Å². The molecule has 0 aliphatic carbocycles. The summed E-state index contributed by atoms with van der Waals surface area (Å²) in [6, 6.07) is 8.90. The second kappa shape index (κ2) is 7.74. The molecule has 0 heterocycles. The molecule has 1 N–H and O–H groups in total. The predicted octanol–water partition coefficient (Wildman–Crippen LogP) is 1.92. The molecule has 102 valence electrons. The minimum atomic E-state index is -3.33. The molecular weight excluding hydrogens is 274 g/mol. The van der Waals surface area contributed by atoms with Crippen LogP contribution in [0.3, 0.4) is 0 Å². The van der Waals surface area contributed by atoms with Gasteiger partial charge in [0.05, 0.1) is 11.8 Å². The number of hydrogen-bond acceptors (Lipinski definition) is 3. The highest BCUT2D eigenvalue weighted by atomic mass is 35.5. The molecule has 1 unspecified atom stereocenters. The molecule has 6 heteroatoms. The second-order valence-corrected chi connectivity index (χ2v) is 6.08. The summed E-state index contributed by atoms with van der Waals surface area (Å²) in [6.07, 6.45) is 0.468. The van der Waals surface area contributed by atoms with E-state index in [1.54, 1.807) is 7.11 Å². The maximum absolute atomic E-state index is 11.8. The largest absolute Gasteiger partial charge is 0.385 e. The van der Waals surface area contributed by atoms with Crippen LogP contribution in [0.4, 0.5) is 0 Å². The van der Waals surface area contributed by atoms with Gasteiger partial charge in [-0.15, -0.1) is 11.6 Å². The van der Waals surface area contributed by atoms with E-state index in [2.05, 4.69) is 4.72 Å². The van der Waals surface area contributed by atoms with Crippen molar-refractivity contribution in [2.75, 3.05) is 25.3 Å². The van der Waals surface area contributed by atoms with Gasteiger partial charge in [0.1, 0.15) is 0 Å². The minimum Gasteiger partial charge on any atom is -0.385 e. The molecule has 0 saturated heterocycles. The Bertz CT molecular complexity index is 436. The molecule has 0 aromatic heterocycles. The van der Waals surface area contributed by atoms with Gasteiger partial charge in [0.15, 0.2) is 0 Å². The first-order chi connectivity index (χ1) is 8.59. The monoisotopic (exact) mass is 291 g/mol. The Kier molecular flexibility index (Phi) is 6.63. The number of rotatable bonds is 8. The summed E-state index contributed by atoms with van der Waals surface area (Å²) < 4.78 is 31.1. The van der Waals surface area contributed by atoms with Crippen molar-refractivity contribution in [3.05, 3.63) is 35.9 Å². The van der Waals surface area contributed by atoms with Gasteiger partial charge in [-0.2, -0.15) is 0 Å². The number of nitrogens with one attached hydrogen (secondary N) is 1. The number of benzene rings is 1. The quantitative estimate of drug-likeness (QED) is 0.588. The van der Waals surface area contributed by atoms with Gasteiger partial charge in [-0.3, -0.25) is 0 Å². The number of methoxy groups -OCH3 is 1. The van der Waals surface area contributed by atoms with E-state index in [9.17, 15) is 8.42 Å². The Morgan fingerprint density at radius 2 is 2.00 bits per heavy atom. The third-order valence-corrected chi connectivity index (χ3v) is 4.22. The molecule has 18 heavy (non-hydrogen) atoms. The fraction of sp³-hybridized carbons (Fsp3) is 0.500. The van der Waals surface area contributed by atoms with Crippen molar-refractivity contribution in [1.29, 1.82) is 0 Å². The molecule has 0 bridgehead atoms. The van der Waals surface area contributed by atoms with E-state index in [4.69, 9.17) is 16.3 Å². The third-order valence-electron chi connectivity index (χ3n) is 2.44. The van der Waals surface area contributed by atoms with Crippen LogP contribution in [0.5, 0.6) is 0 Å². The van der Waals surface area contributed by atoms with Crippen molar-refractivity contribution in [3.8, 4) is 0 Å². The van der Waals surface area contributed by atoms with Crippen LogP contribution in [-0.4, -0.2) is 33.8 Å². The molecule has 1 atom stereocenters. The zero-order valence-corrected chi connectivity index (χ0v) is 11.9. The van der Waals surface area contributed by atoms with Gasteiger partial charge < -0.3 is 4.74 Å². The summed E-state index contributed by atoms with van der Waals surface area (Å²) in [6.45, 7) is 0.428. The number of sulfonamides is 1. The number of halogens is 1. The molecule has 0 spiro atoms. The number of alkyl halides is 1. The lowest BCUT2D eigenvalue weighted by molar-refractivity contribution is 0.199. The average molecular weight is 292 g/mol. The molecular formula is C12H18ClNO3S. The summed E-state index contributed by atoms with van der Waals surface area (Å²) in [5, 5.41) is 0. The zero-order chi connectivity index (χ0) is 13.4. The predicted molar refractivity (Wildman–Crippen MR) is 73.3 cm³/mol. The van der Waals surface area contributed by atoms with Crippen LogP contribution in [0.25, 0.3) is 0 Å². The van der Waals surface area contributed by atoms with E-state index in [-0.39, 0.29) is 17.7 Å². The topological polar surface area (TPSA) is 55.4 Å². The van der Waals surface area contributed by atoms with Crippen molar-refractivity contribution in [2.24, 2.45) is 0 Å². The van der Waals surface area contributed by atoms with Crippen LogP contribution in [0, 0.1) is 0 Å². The molecule has 1 aromatic rings. The molecule has 0 amide bonds. The SMILES string of the molecule is COCCCS(=O)(=O)NC(CCl)c1ccccc1. The Morgan fingerprint density at radius 1 is 1.33 bits per heavy atom. The highest BCUT2D eigenvalue weighted by molar-refractivity contribution is 7.89. The smallest absolute Gasteiger partial charge is 0.212 e. The van der Waals surface area contributed by atoms with Crippen molar-refractivity contribution < 1.29 is 13.2 Å². The summed E-state index contributed by atoms with van der Waals surface area (Å²) in [4.78, 5) is 0. The summed E-state index contributed by atoms with van der Waals surface area (Å²) in [7, 11) is -1.78. The van der Waals surface area contributed by atoms with Crippen LogP contribution in [0.2, 0.25) is 0 Å². The fourth-order valence-electron chi connectivity index (χ4n) is 1.54. The van der Waals surface area contributed by atoms with Crippen LogP contribution in [0.15, 0.2) is 30.3 Å². The molecule has 0 saturated carbocycles. The molecule has 1 rings (SSSR count). The fourth-order valence-corrected chi connectivity index (χ4v) is 3.16. The van der Waals surface area contributed by atoms with Gasteiger partial charge in [0.2, 0.25) is 10.0 Å². The molecule has 0 radical (unpaired) electrons. The van der Waals surface area contributed by atoms with Crippen molar-refractivity contribution in [2.45, 2.75) is 12.5 Å². The van der Waals surface area contributed by atoms with Crippen LogP contribution < -0.4 is 4.72 Å². The normalized spacial score (nSPS) is 13.4. The number of hydrogen-bond donors (Lipinski definition) is 1. The van der Waals surface area contributed by atoms with E-state index < -0.39 is 10.0 Å². The maximum Gasteiger partial charge on any atom is 0.212 e. The van der Waals surface area contributed by atoms with Gasteiger partial charge in [0, 0.05) is 19.6 Å². The van der Waals surface area contributed by atoms with Crippen LogP contribution in [-0.2, 0) is 14.8 Å².